The van der Waals surface area contributed by atoms with Crippen LogP contribution in [-0.2, 0) is 0 Å². The van der Waals surface area contributed by atoms with Crippen LogP contribution in [0.5, 0.6) is 5.75 Å². The zero-order valence-electron chi connectivity index (χ0n) is 9.38. The van der Waals surface area contributed by atoms with E-state index in [0.29, 0.717) is 11.3 Å². The molecule has 0 spiro atoms. The van der Waals surface area contributed by atoms with Crippen LogP contribution in [0.4, 0.5) is 0 Å². The molecule has 1 aliphatic rings. The third-order valence-corrected chi connectivity index (χ3v) is 3.00. The van der Waals surface area contributed by atoms with Crippen LogP contribution in [0.25, 0.3) is 0 Å². The summed E-state index contributed by atoms with van der Waals surface area (Å²) in [7, 11) is 0. The smallest absolute Gasteiger partial charge is 0.220 e. The van der Waals surface area contributed by atoms with Gasteiger partial charge in [0.25, 0.3) is 0 Å². The Balaban J connectivity index is 2.22. The Kier molecular flexibility index (Phi) is 3.37. The summed E-state index contributed by atoms with van der Waals surface area (Å²) < 4.78 is 5.64. The van der Waals surface area contributed by atoms with Gasteiger partial charge in [0.2, 0.25) is 5.06 Å². The molecule has 1 aromatic carbocycles. The number of ether oxygens (including phenoxy) is 1. The topological polar surface area (TPSA) is 56.8 Å². The van der Waals surface area contributed by atoms with E-state index >= 15 is 0 Å². The number of rotatable bonds is 2. The molecule has 4 heteroatoms. The average molecular weight is 257 g/mol. The van der Waals surface area contributed by atoms with Crippen LogP contribution in [0.1, 0.15) is 5.56 Å². The Bertz CT molecular complexity index is 577. The molecule has 0 radical (unpaired) electrons. The van der Waals surface area contributed by atoms with Crippen molar-refractivity contribution in [2.24, 2.45) is 5.92 Å². The molecule has 0 bridgehead atoms. The second kappa shape index (κ2) is 4.96. The molecule has 1 aliphatic carbocycles. The summed E-state index contributed by atoms with van der Waals surface area (Å²) in [6.07, 6.45) is 6.83. The molecule has 2 rings (SSSR count). The molecular weight excluding hydrogens is 248 g/mol. The Morgan fingerprint density at radius 3 is 2.50 bits per heavy atom. The first-order valence-electron chi connectivity index (χ1n) is 5.32. The van der Waals surface area contributed by atoms with E-state index in [1.165, 1.54) is 0 Å². The molecular formula is C14H9ClN2O. The van der Waals surface area contributed by atoms with Gasteiger partial charge in [-0.25, -0.2) is 0 Å². The number of nitrogens with zero attached hydrogens (tertiary/aromatic N) is 2. The van der Waals surface area contributed by atoms with Gasteiger partial charge in [-0.1, -0.05) is 29.8 Å². The number of hydrogen-bond donors (Lipinski definition) is 0. The predicted molar refractivity (Wildman–Crippen MR) is 67.8 cm³/mol. The first-order valence-corrected chi connectivity index (χ1v) is 5.69. The minimum atomic E-state index is -1.20. The lowest BCUT2D eigenvalue weighted by Crippen LogP contribution is -2.35. The summed E-state index contributed by atoms with van der Waals surface area (Å²) >= 11 is 6.30. The average Bonchev–Trinajstić information content (AvgIpc) is 2.40. The molecule has 0 N–H and O–H groups in total. The highest BCUT2D eigenvalue weighted by Crippen LogP contribution is 2.33. The highest BCUT2D eigenvalue weighted by molar-refractivity contribution is 6.25. The number of benzene rings is 1. The van der Waals surface area contributed by atoms with Crippen LogP contribution in [0, 0.1) is 28.6 Å². The maximum atomic E-state index is 9.04. The van der Waals surface area contributed by atoms with Crippen molar-refractivity contribution < 1.29 is 4.74 Å². The summed E-state index contributed by atoms with van der Waals surface area (Å²) in [5.74, 6) is -0.0380. The third-order valence-electron chi connectivity index (χ3n) is 2.56. The molecule has 0 heterocycles. The molecule has 0 fully saturated rings. The maximum absolute atomic E-state index is 9.04. The van der Waals surface area contributed by atoms with Gasteiger partial charge in [-0.05, 0) is 30.3 Å². The minimum absolute atomic E-state index is 0.518. The molecule has 0 aliphatic heterocycles. The maximum Gasteiger partial charge on any atom is 0.220 e. The van der Waals surface area contributed by atoms with Crippen LogP contribution in [0.3, 0.4) is 0 Å². The lowest BCUT2D eigenvalue weighted by molar-refractivity contribution is 0.181. The van der Waals surface area contributed by atoms with Crippen LogP contribution in [0.2, 0.25) is 0 Å². The van der Waals surface area contributed by atoms with E-state index in [0.717, 1.165) is 0 Å². The number of halogens is 1. The second-order valence-corrected chi connectivity index (χ2v) is 4.38. The predicted octanol–water partition coefficient (Wildman–Crippen LogP) is 3.14. The minimum Gasteiger partial charge on any atom is -0.467 e. The van der Waals surface area contributed by atoms with Crippen LogP contribution in [0.15, 0.2) is 48.6 Å². The van der Waals surface area contributed by atoms with E-state index < -0.39 is 11.0 Å². The Morgan fingerprint density at radius 1 is 1.17 bits per heavy atom. The van der Waals surface area contributed by atoms with Gasteiger partial charge in [0, 0.05) is 0 Å². The van der Waals surface area contributed by atoms with Crippen LogP contribution >= 0.6 is 11.6 Å². The summed E-state index contributed by atoms with van der Waals surface area (Å²) in [5, 5.41) is 16.5. The summed E-state index contributed by atoms with van der Waals surface area (Å²) in [5.41, 5.74) is 0.543. The highest BCUT2D eigenvalue weighted by atomic mass is 35.5. The summed E-state index contributed by atoms with van der Waals surface area (Å²) in [4.78, 5) is 0. The van der Waals surface area contributed by atoms with Crippen molar-refractivity contribution in [2.75, 3.05) is 0 Å². The van der Waals surface area contributed by atoms with E-state index in [1.54, 1.807) is 48.6 Å². The molecule has 0 amide bonds. The van der Waals surface area contributed by atoms with Crippen molar-refractivity contribution in [2.45, 2.75) is 5.06 Å². The van der Waals surface area contributed by atoms with Gasteiger partial charge in [-0.2, -0.15) is 10.5 Å². The normalized spacial score (nSPS) is 25.2. The lowest BCUT2D eigenvalue weighted by atomic mass is 9.98. The van der Waals surface area contributed by atoms with E-state index in [2.05, 4.69) is 6.07 Å². The monoisotopic (exact) mass is 256 g/mol. The zero-order chi connectivity index (χ0) is 13.0. The van der Waals surface area contributed by atoms with Crippen molar-refractivity contribution in [3.63, 3.8) is 0 Å². The highest BCUT2D eigenvalue weighted by Gasteiger charge is 2.36. The number of allylic oxidation sites excluding steroid dienone is 2. The van der Waals surface area contributed by atoms with Crippen LogP contribution < -0.4 is 4.74 Å². The second-order valence-electron chi connectivity index (χ2n) is 3.79. The summed E-state index contributed by atoms with van der Waals surface area (Å²) in [6, 6.07) is 10.7. The molecule has 0 saturated heterocycles. The number of hydrogen-bond acceptors (Lipinski definition) is 3. The number of alkyl halides is 1. The molecule has 1 aromatic rings. The van der Waals surface area contributed by atoms with Gasteiger partial charge >= 0.3 is 0 Å². The largest absolute Gasteiger partial charge is 0.467 e. The quantitative estimate of drug-likeness (QED) is 0.764. The molecule has 2 unspecified atom stereocenters. The van der Waals surface area contributed by atoms with E-state index in [-0.39, 0.29) is 0 Å². The van der Waals surface area contributed by atoms with Gasteiger partial charge in [-0.3, -0.25) is 0 Å². The van der Waals surface area contributed by atoms with Gasteiger partial charge in [0.1, 0.15) is 11.7 Å². The molecule has 0 aromatic heterocycles. The number of nitriles is 2. The fourth-order valence-corrected chi connectivity index (χ4v) is 1.89. The fourth-order valence-electron chi connectivity index (χ4n) is 1.60. The molecule has 0 saturated carbocycles. The van der Waals surface area contributed by atoms with Gasteiger partial charge in [0.15, 0.2) is 0 Å². The Morgan fingerprint density at radius 2 is 1.89 bits per heavy atom. The van der Waals surface area contributed by atoms with Gasteiger partial charge < -0.3 is 4.74 Å². The van der Waals surface area contributed by atoms with Crippen molar-refractivity contribution in [3.05, 3.63) is 54.1 Å². The van der Waals surface area contributed by atoms with Crippen molar-refractivity contribution in [3.8, 4) is 17.9 Å². The molecule has 88 valence electrons. The van der Waals surface area contributed by atoms with Crippen molar-refractivity contribution in [1.29, 1.82) is 10.5 Å². The van der Waals surface area contributed by atoms with E-state index in [9.17, 15) is 0 Å². The zero-order valence-corrected chi connectivity index (χ0v) is 10.1. The Hall–Kier alpha value is -2.23. The summed E-state index contributed by atoms with van der Waals surface area (Å²) in [6.45, 7) is 0. The molecule has 18 heavy (non-hydrogen) atoms. The van der Waals surface area contributed by atoms with Gasteiger partial charge in [0.05, 0.1) is 17.7 Å². The molecule has 2 atom stereocenters. The molecule has 3 nitrogen and oxygen atoms in total. The SMILES string of the molecule is N#Cc1ccc(OC2(Cl)C=CC=CC2C#N)cc1. The lowest BCUT2D eigenvalue weighted by Gasteiger charge is -2.29. The fraction of sp³-hybridized carbons (Fsp3) is 0.143. The Labute approximate surface area is 110 Å². The van der Waals surface area contributed by atoms with E-state index in [4.69, 9.17) is 26.9 Å². The van der Waals surface area contributed by atoms with Crippen molar-refractivity contribution in [1.82, 2.24) is 0 Å². The van der Waals surface area contributed by atoms with Crippen LogP contribution in [-0.4, -0.2) is 5.06 Å². The van der Waals surface area contributed by atoms with Crippen molar-refractivity contribution >= 4 is 11.6 Å². The first kappa shape index (κ1) is 12.2. The first-order chi connectivity index (χ1) is 8.68. The third kappa shape index (κ3) is 2.37. The van der Waals surface area contributed by atoms with Gasteiger partial charge in [-0.15, -0.1) is 0 Å². The van der Waals surface area contributed by atoms with E-state index in [1.807, 2.05) is 6.07 Å². The standard InChI is InChI=1S/C14H9ClN2O/c15-14(8-2-1-3-12(14)10-17)18-13-6-4-11(9-16)5-7-13/h1-8,12H.